The lowest BCUT2D eigenvalue weighted by Crippen LogP contribution is -2.57. The third kappa shape index (κ3) is 6.41. The number of rotatable bonds is 11. The Hall–Kier alpha value is -2.30. The number of benzene rings is 2. The van der Waals surface area contributed by atoms with Crippen LogP contribution in [0.1, 0.15) is 60.9 Å². The summed E-state index contributed by atoms with van der Waals surface area (Å²) in [6, 6.07) is 10.6. The molecule has 37 heavy (non-hydrogen) atoms. The fourth-order valence-corrected chi connectivity index (χ4v) is 4.61. The van der Waals surface area contributed by atoms with Gasteiger partial charge < -0.3 is 20.1 Å². The molecule has 0 heterocycles. The third-order valence-electron chi connectivity index (χ3n) is 7.17. The summed E-state index contributed by atoms with van der Waals surface area (Å²) in [6.45, 7) is 6.98. The number of halogens is 6. The van der Waals surface area contributed by atoms with Crippen molar-refractivity contribution in [2.24, 2.45) is 0 Å². The zero-order valence-corrected chi connectivity index (χ0v) is 21.3. The van der Waals surface area contributed by atoms with E-state index in [1.54, 1.807) is 25.1 Å². The van der Waals surface area contributed by atoms with E-state index in [-0.39, 0.29) is 6.61 Å². The summed E-state index contributed by atoms with van der Waals surface area (Å²) in [4.78, 5) is 0. The van der Waals surface area contributed by atoms with E-state index in [4.69, 9.17) is 9.84 Å². The van der Waals surface area contributed by atoms with Crippen LogP contribution in [0.3, 0.4) is 0 Å². The average molecular weight is 537 g/mol. The Labute approximate surface area is 212 Å². The van der Waals surface area contributed by atoms with Crippen LogP contribution in [0.5, 0.6) is 5.75 Å². The van der Waals surface area contributed by atoms with Crippen molar-refractivity contribution in [2.45, 2.75) is 82.9 Å². The van der Waals surface area contributed by atoms with Crippen molar-refractivity contribution in [1.29, 1.82) is 0 Å². The maximum Gasteiger partial charge on any atom is 0.426 e. The fraction of sp³-hybridized carbons (Fsp3) is 0.556. The van der Waals surface area contributed by atoms with Gasteiger partial charge in [0.2, 0.25) is 0 Å². The number of ether oxygens (including phenoxy) is 1. The van der Waals surface area contributed by atoms with E-state index >= 15 is 0 Å². The lowest BCUT2D eigenvalue weighted by atomic mass is 9.69. The van der Waals surface area contributed by atoms with Crippen LogP contribution in [-0.2, 0) is 11.8 Å². The first-order valence-corrected chi connectivity index (χ1v) is 12.0. The van der Waals surface area contributed by atoms with Gasteiger partial charge in [0, 0.05) is 5.41 Å². The maximum absolute atomic E-state index is 13.1. The van der Waals surface area contributed by atoms with Crippen LogP contribution in [-0.4, -0.2) is 52.6 Å². The number of hydrogen-bond acceptors (Lipinski definition) is 4. The molecule has 0 spiro atoms. The quantitative estimate of drug-likeness (QED) is 0.312. The second-order valence-electron chi connectivity index (χ2n) is 9.41. The molecule has 1 atom stereocenters. The molecule has 10 heteroatoms. The highest BCUT2D eigenvalue weighted by atomic mass is 19.4. The number of aliphatic hydroxyl groups excluding tert-OH is 2. The standard InChI is InChI=1S/C27H34F6O4/c1-5-24(6-2,21-9-10-23(18(4)14-21)37-16-22(35)15-34)20-8-7-19(17(3)13-20)11-12-25(36,26(28,29)30)27(31,32)33/h7-10,13-14,22,34-36H,5-6,11-12,15-16H2,1-4H3. The molecule has 0 bridgehead atoms. The summed E-state index contributed by atoms with van der Waals surface area (Å²) in [6.07, 6.45) is -13.5. The van der Waals surface area contributed by atoms with Crippen molar-refractivity contribution in [3.63, 3.8) is 0 Å². The molecule has 0 fully saturated rings. The topological polar surface area (TPSA) is 69.9 Å². The van der Waals surface area contributed by atoms with Crippen molar-refractivity contribution >= 4 is 0 Å². The molecule has 2 aromatic rings. The van der Waals surface area contributed by atoms with Crippen molar-refractivity contribution in [3.8, 4) is 5.75 Å². The smallest absolute Gasteiger partial charge is 0.426 e. The monoisotopic (exact) mass is 536 g/mol. The summed E-state index contributed by atoms with van der Waals surface area (Å²) >= 11 is 0. The molecule has 0 saturated carbocycles. The Bertz CT molecular complexity index is 1030. The van der Waals surface area contributed by atoms with Crippen LogP contribution in [0, 0.1) is 13.8 Å². The van der Waals surface area contributed by atoms with Gasteiger partial charge in [-0.3, -0.25) is 0 Å². The van der Waals surface area contributed by atoms with E-state index in [1.165, 1.54) is 6.07 Å². The van der Waals surface area contributed by atoms with Gasteiger partial charge in [0.05, 0.1) is 6.61 Å². The van der Waals surface area contributed by atoms with Gasteiger partial charge in [-0.25, -0.2) is 0 Å². The number of aryl methyl sites for hydroxylation is 3. The normalized spacial score (nSPS) is 14.1. The summed E-state index contributed by atoms with van der Waals surface area (Å²) in [7, 11) is 0. The second-order valence-corrected chi connectivity index (χ2v) is 9.41. The van der Waals surface area contributed by atoms with E-state index in [0.29, 0.717) is 29.7 Å². The minimum Gasteiger partial charge on any atom is -0.491 e. The molecule has 0 aliphatic rings. The SMILES string of the molecule is CCC(CC)(c1ccc(CCC(O)(C(F)(F)F)C(F)(F)F)c(C)c1)c1ccc(OCC(O)CO)c(C)c1. The first kappa shape index (κ1) is 30.9. The van der Waals surface area contributed by atoms with Crippen LogP contribution >= 0.6 is 0 Å². The first-order chi connectivity index (χ1) is 17.1. The van der Waals surface area contributed by atoms with Gasteiger partial charge in [-0.1, -0.05) is 44.2 Å². The summed E-state index contributed by atoms with van der Waals surface area (Å²) in [5.74, 6) is 0.547. The number of hydrogen-bond donors (Lipinski definition) is 3. The second kappa shape index (κ2) is 11.6. The highest BCUT2D eigenvalue weighted by Gasteiger charge is 2.69. The Balaban J connectivity index is 2.38. The first-order valence-electron chi connectivity index (χ1n) is 12.0. The van der Waals surface area contributed by atoms with Crippen LogP contribution < -0.4 is 4.74 Å². The van der Waals surface area contributed by atoms with E-state index < -0.39 is 48.9 Å². The Morgan fingerprint density at radius 1 is 0.838 bits per heavy atom. The lowest BCUT2D eigenvalue weighted by molar-refractivity contribution is -0.369. The van der Waals surface area contributed by atoms with Crippen molar-refractivity contribution in [3.05, 3.63) is 64.2 Å². The molecular weight excluding hydrogens is 502 g/mol. The summed E-state index contributed by atoms with van der Waals surface area (Å²) < 4.78 is 84.0. The largest absolute Gasteiger partial charge is 0.491 e. The third-order valence-corrected chi connectivity index (χ3v) is 7.17. The summed E-state index contributed by atoms with van der Waals surface area (Å²) in [5.41, 5.74) is -1.80. The van der Waals surface area contributed by atoms with E-state index in [9.17, 15) is 36.6 Å². The van der Waals surface area contributed by atoms with E-state index in [0.717, 1.165) is 16.7 Å². The zero-order chi connectivity index (χ0) is 28.2. The predicted octanol–water partition coefficient (Wildman–Crippen LogP) is 5.93. The Morgan fingerprint density at radius 3 is 1.78 bits per heavy atom. The van der Waals surface area contributed by atoms with Crippen molar-refractivity contribution in [1.82, 2.24) is 0 Å². The Kier molecular flexibility index (Phi) is 9.71. The molecule has 0 radical (unpaired) electrons. The molecule has 0 aliphatic heterocycles. The van der Waals surface area contributed by atoms with Gasteiger partial charge in [-0.05, 0) is 73.4 Å². The maximum atomic E-state index is 13.1. The molecule has 0 aromatic heterocycles. The van der Waals surface area contributed by atoms with Gasteiger partial charge in [0.15, 0.2) is 0 Å². The van der Waals surface area contributed by atoms with Crippen molar-refractivity contribution < 1.29 is 46.4 Å². The molecule has 0 amide bonds. The molecule has 3 N–H and O–H groups in total. The molecular formula is C27H34F6O4. The van der Waals surface area contributed by atoms with Gasteiger partial charge in [0.25, 0.3) is 5.60 Å². The van der Waals surface area contributed by atoms with Crippen LogP contribution in [0.25, 0.3) is 0 Å². The molecule has 1 unspecified atom stereocenters. The number of aliphatic hydroxyl groups is 3. The van der Waals surface area contributed by atoms with E-state index in [1.807, 2.05) is 32.9 Å². The van der Waals surface area contributed by atoms with Crippen LogP contribution in [0.2, 0.25) is 0 Å². The fourth-order valence-electron chi connectivity index (χ4n) is 4.61. The number of alkyl halides is 6. The zero-order valence-electron chi connectivity index (χ0n) is 21.3. The van der Waals surface area contributed by atoms with Gasteiger partial charge in [-0.2, -0.15) is 26.3 Å². The van der Waals surface area contributed by atoms with E-state index in [2.05, 4.69) is 0 Å². The summed E-state index contributed by atoms with van der Waals surface area (Å²) in [5, 5.41) is 28.0. The molecule has 0 saturated heterocycles. The molecule has 208 valence electrons. The lowest BCUT2D eigenvalue weighted by Gasteiger charge is -2.35. The Morgan fingerprint density at radius 2 is 1.35 bits per heavy atom. The molecule has 0 aliphatic carbocycles. The highest BCUT2D eigenvalue weighted by Crippen LogP contribution is 2.46. The minimum absolute atomic E-state index is 0.0676. The van der Waals surface area contributed by atoms with Gasteiger partial charge >= 0.3 is 12.4 Å². The average Bonchev–Trinajstić information content (AvgIpc) is 2.82. The van der Waals surface area contributed by atoms with Crippen molar-refractivity contribution in [2.75, 3.05) is 13.2 Å². The highest BCUT2D eigenvalue weighted by molar-refractivity contribution is 5.47. The van der Waals surface area contributed by atoms with Crippen LogP contribution in [0.4, 0.5) is 26.3 Å². The van der Waals surface area contributed by atoms with Crippen LogP contribution in [0.15, 0.2) is 36.4 Å². The molecule has 2 aromatic carbocycles. The van der Waals surface area contributed by atoms with Gasteiger partial charge in [0.1, 0.15) is 18.5 Å². The molecule has 4 nitrogen and oxygen atoms in total. The predicted molar refractivity (Wildman–Crippen MR) is 128 cm³/mol. The minimum atomic E-state index is -5.84. The molecule has 2 rings (SSSR count). The van der Waals surface area contributed by atoms with Gasteiger partial charge in [-0.15, -0.1) is 0 Å².